The molecule has 8 heteroatoms. The molecule has 0 aliphatic rings. The maximum atomic E-state index is 5.96. The highest BCUT2D eigenvalue weighted by Crippen LogP contribution is 2.31. The van der Waals surface area contributed by atoms with Gasteiger partial charge in [0.1, 0.15) is 10.8 Å². The average molecular weight is 429 g/mol. The molecule has 0 N–H and O–H groups in total. The molecule has 4 aromatic rings. The van der Waals surface area contributed by atoms with Crippen molar-refractivity contribution in [1.82, 2.24) is 19.7 Å². The van der Waals surface area contributed by atoms with Gasteiger partial charge in [0.15, 0.2) is 11.0 Å². The highest BCUT2D eigenvalue weighted by molar-refractivity contribution is 7.98. The predicted octanol–water partition coefficient (Wildman–Crippen LogP) is 6.10. The topological polar surface area (TPSA) is 56.7 Å². The van der Waals surface area contributed by atoms with Crippen LogP contribution >= 0.6 is 34.7 Å². The van der Waals surface area contributed by atoms with Gasteiger partial charge in [0.2, 0.25) is 0 Å². The van der Waals surface area contributed by atoms with Gasteiger partial charge in [-0.05, 0) is 25.1 Å². The van der Waals surface area contributed by atoms with E-state index in [2.05, 4.69) is 22.2 Å². The average Bonchev–Trinajstić information content (AvgIpc) is 3.41. The van der Waals surface area contributed by atoms with Gasteiger partial charge >= 0.3 is 0 Å². The third-order valence-electron chi connectivity index (χ3n) is 4.12. The summed E-state index contributed by atoms with van der Waals surface area (Å²) in [6.45, 7) is 6.40. The third-order valence-corrected chi connectivity index (χ3v) is 6.31. The Morgan fingerprint density at radius 1 is 1.25 bits per heavy atom. The van der Waals surface area contributed by atoms with Crippen molar-refractivity contribution in [1.29, 1.82) is 0 Å². The van der Waals surface area contributed by atoms with Crippen molar-refractivity contribution in [3.8, 4) is 22.0 Å². The summed E-state index contributed by atoms with van der Waals surface area (Å²) in [6, 6.07) is 9.64. The third kappa shape index (κ3) is 3.92. The molecule has 4 rings (SSSR count). The van der Waals surface area contributed by atoms with Crippen molar-refractivity contribution in [2.75, 3.05) is 0 Å². The van der Waals surface area contributed by atoms with Crippen LogP contribution in [0.4, 0.5) is 0 Å². The van der Waals surface area contributed by atoms with Gasteiger partial charge in [-0.25, -0.2) is 4.98 Å². The Labute approximate surface area is 176 Å². The molecule has 0 aliphatic heterocycles. The largest absolute Gasteiger partial charge is 0.469 e. The summed E-state index contributed by atoms with van der Waals surface area (Å²) in [5.41, 5.74) is 3.02. The van der Waals surface area contributed by atoms with Gasteiger partial charge in [0.25, 0.3) is 0 Å². The fraction of sp³-hybridized carbons (Fsp3) is 0.150. The second-order valence-corrected chi connectivity index (χ2v) is 8.27. The predicted molar refractivity (Wildman–Crippen MR) is 115 cm³/mol. The monoisotopic (exact) mass is 428 g/mol. The normalized spacial score (nSPS) is 11.1. The van der Waals surface area contributed by atoms with E-state index in [-0.39, 0.29) is 0 Å². The van der Waals surface area contributed by atoms with E-state index in [9.17, 15) is 0 Å². The van der Waals surface area contributed by atoms with Crippen molar-refractivity contribution in [3.05, 3.63) is 71.1 Å². The summed E-state index contributed by atoms with van der Waals surface area (Å²) in [4.78, 5) is 4.73. The maximum Gasteiger partial charge on any atom is 0.192 e. The minimum absolute atomic E-state index is 0.627. The summed E-state index contributed by atoms with van der Waals surface area (Å²) < 4.78 is 7.46. The second kappa shape index (κ2) is 8.34. The molecule has 0 atom stereocenters. The van der Waals surface area contributed by atoms with Crippen molar-refractivity contribution in [3.63, 3.8) is 0 Å². The zero-order chi connectivity index (χ0) is 19.5. The number of halogens is 1. The van der Waals surface area contributed by atoms with Crippen LogP contribution in [0.15, 0.2) is 64.2 Å². The lowest BCUT2D eigenvalue weighted by Gasteiger charge is -2.06. The number of hydrogen-bond donors (Lipinski definition) is 0. The molecule has 0 saturated heterocycles. The molecule has 0 saturated carbocycles. The zero-order valence-electron chi connectivity index (χ0n) is 15.1. The number of aryl methyl sites for hydroxylation is 1. The minimum Gasteiger partial charge on any atom is -0.469 e. The molecule has 0 unspecified atom stereocenters. The molecule has 0 fully saturated rings. The van der Waals surface area contributed by atoms with Gasteiger partial charge in [-0.2, -0.15) is 0 Å². The van der Waals surface area contributed by atoms with Gasteiger partial charge in [0, 0.05) is 28.3 Å². The van der Waals surface area contributed by atoms with E-state index in [0.29, 0.717) is 12.3 Å². The van der Waals surface area contributed by atoms with E-state index in [1.807, 2.05) is 47.9 Å². The van der Waals surface area contributed by atoms with Crippen LogP contribution in [0, 0.1) is 6.92 Å². The maximum absolute atomic E-state index is 5.96. The molecular weight excluding hydrogens is 412 g/mol. The first kappa shape index (κ1) is 19.0. The Morgan fingerprint density at radius 3 is 2.79 bits per heavy atom. The van der Waals surface area contributed by atoms with Gasteiger partial charge < -0.3 is 4.42 Å². The zero-order valence-corrected chi connectivity index (χ0v) is 17.5. The van der Waals surface area contributed by atoms with Crippen LogP contribution in [0.25, 0.3) is 22.0 Å². The van der Waals surface area contributed by atoms with Crippen LogP contribution in [0.1, 0.15) is 11.5 Å². The first-order chi connectivity index (χ1) is 13.7. The lowest BCUT2D eigenvalue weighted by molar-refractivity contribution is 0.534. The quantitative estimate of drug-likeness (QED) is 0.263. The van der Waals surface area contributed by atoms with Crippen LogP contribution in [0.5, 0.6) is 0 Å². The van der Waals surface area contributed by atoms with Crippen LogP contribution in [0.2, 0.25) is 5.02 Å². The van der Waals surface area contributed by atoms with Crippen molar-refractivity contribution in [2.45, 2.75) is 24.4 Å². The Balaban J connectivity index is 1.52. The van der Waals surface area contributed by atoms with Gasteiger partial charge in [0.05, 0.1) is 17.5 Å². The molecule has 0 amide bonds. The van der Waals surface area contributed by atoms with E-state index >= 15 is 0 Å². The van der Waals surface area contributed by atoms with Crippen LogP contribution in [0.3, 0.4) is 0 Å². The van der Waals surface area contributed by atoms with Gasteiger partial charge in [-0.3, -0.25) is 4.57 Å². The van der Waals surface area contributed by atoms with E-state index in [4.69, 9.17) is 21.0 Å². The number of nitrogens with zero attached hydrogens (tertiary/aromatic N) is 4. The number of thiazole rings is 1. The summed E-state index contributed by atoms with van der Waals surface area (Å²) in [6.07, 6.45) is 3.51. The van der Waals surface area contributed by atoms with Crippen molar-refractivity contribution >= 4 is 34.7 Å². The minimum atomic E-state index is 0.627. The van der Waals surface area contributed by atoms with E-state index in [1.165, 1.54) is 0 Å². The lowest BCUT2D eigenvalue weighted by atomic mass is 10.2. The summed E-state index contributed by atoms with van der Waals surface area (Å²) in [5, 5.41) is 13.3. The number of thioether (sulfide) groups is 1. The standard InChI is InChI=1S/C20H17ClN4OS2/c1-3-9-25-18(17-8-10-26-13(17)2)23-24-20(25)28-12-16-11-27-19(22-16)14-4-6-15(21)7-5-14/h3-8,10-11H,1,9,12H2,2H3. The van der Waals surface area contributed by atoms with Crippen LogP contribution in [-0.4, -0.2) is 19.7 Å². The van der Waals surface area contributed by atoms with E-state index in [0.717, 1.165) is 43.6 Å². The molecule has 28 heavy (non-hydrogen) atoms. The number of furan rings is 1. The molecule has 0 bridgehead atoms. The Kier molecular flexibility index (Phi) is 5.66. The molecule has 5 nitrogen and oxygen atoms in total. The molecule has 3 heterocycles. The second-order valence-electron chi connectivity index (χ2n) is 6.04. The highest BCUT2D eigenvalue weighted by atomic mass is 35.5. The smallest absolute Gasteiger partial charge is 0.192 e. The van der Waals surface area contributed by atoms with E-state index in [1.54, 1.807) is 29.4 Å². The Morgan fingerprint density at radius 2 is 2.07 bits per heavy atom. The highest BCUT2D eigenvalue weighted by Gasteiger charge is 2.17. The Hall–Kier alpha value is -2.35. The van der Waals surface area contributed by atoms with Gasteiger partial charge in [-0.1, -0.05) is 41.6 Å². The molecule has 1 aromatic carbocycles. The first-order valence-corrected chi connectivity index (χ1v) is 10.8. The molecule has 142 valence electrons. The number of benzene rings is 1. The SMILES string of the molecule is C=CCn1c(SCc2csc(-c3ccc(Cl)cc3)n2)nnc1-c1ccoc1C. The molecular formula is C20H17ClN4OS2. The number of hydrogen-bond acceptors (Lipinski definition) is 6. The van der Waals surface area contributed by atoms with E-state index < -0.39 is 0 Å². The van der Waals surface area contributed by atoms with Crippen molar-refractivity contribution in [2.24, 2.45) is 0 Å². The molecule has 0 aliphatic carbocycles. The summed E-state index contributed by atoms with van der Waals surface area (Å²) in [5.74, 6) is 2.32. The fourth-order valence-corrected chi connectivity index (χ4v) is 4.64. The van der Waals surface area contributed by atoms with Gasteiger partial charge in [-0.15, -0.1) is 28.1 Å². The summed E-state index contributed by atoms with van der Waals surface area (Å²) >= 11 is 9.20. The first-order valence-electron chi connectivity index (χ1n) is 8.57. The number of aromatic nitrogens is 4. The van der Waals surface area contributed by atoms with Crippen LogP contribution in [-0.2, 0) is 12.3 Å². The molecule has 0 spiro atoms. The fourth-order valence-electron chi connectivity index (χ4n) is 2.74. The number of allylic oxidation sites excluding steroid dienone is 1. The molecule has 0 radical (unpaired) electrons. The molecule has 3 aromatic heterocycles. The Bertz CT molecular complexity index is 1100. The van der Waals surface area contributed by atoms with Crippen LogP contribution < -0.4 is 0 Å². The summed E-state index contributed by atoms with van der Waals surface area (Å²) in [7, 11) is 0. The number of rotatable bonds is 7. The van der Waals surface area contributed by atoms with Crippen molar-refractivity contribution < 1.29 is 4.42 Å². The lowest BCUT2D eigenvalue weighted by Crippen LogP contribution is -2.00.